The van der Waals surface area contributed by atoms with Crippen LogP contribution >= 0.6 is 0 Å². The number of fused-ring (bicyclic) bond motifs is 2. The molecule has 172 valence electrons. The molecule has 1 aromatic carbocycles. The minimum atomic E-state index is -4.46. The van der Waals surface area contributed by atoms with E-state index in [0.717, 1.165) is 12.1 Å². The number of nitrogens with zero attached hydrogens (tertiary/aromatic N) is 4. The van der Waals surface area contributed by atoms with E-state index in [4.69, 9.17) is 4.52 Å². The number of imidazole rings is 1. The van der Waals surface area contributed by atoms with Gasteiger partial charge in [0.1, 0.15) is 30.3 Å². The maximum absolute atomic E-state index is 12.9. The predicted octanol–water partition coefficient (Wildman–Crippen LogP) is 2.65. The molecule has 2 unspecified atom stereocenters. The summed E-state index contributed by atoms with van der Waals surface area (Å²) in [5.74, 6) is 1.08. The van der Waals surface area contributed by atoms with Crippen molar-refractivity contribution in [3.05, 3.63) is 53.2 Å². The Bertz CT molecular complexity index is 1320. The molecule has 1 aliphatic heterocycles. The van der Waals surface area contributed by atoms with Gasteiger partial charge in [-0.1, -0.05) is 5.16 Å². The zero-order valence-electron chi connectivity index (χ0n) is 17.1. The van der Waals surface area contributed by atoms with E-state index < -0.39 is 30.2 Å². The van der Waals surface area contributed by atoms with Crippen LogP contribution in [0.3, 0.4) is 0 Å². The Labute approximate surface area is 183 Å². The van der Waals surface area contributed by atoms with Gasteiger partial charge in [0.15, 0.2) is 11.6 Å². The van der Waals surface area contributed by atoms with Crippen molar-refractivity contribution in [1.82, 2.24) is 30.4 Å². The van der Waals surface area contributed by atoms with Crippen molar-refractivity contribution < 1.29 is 27.9 Å². The second-order valence-electron chi connectivity index (χ2n) is 7.67. The molecule has 1 aliphatic rings. The van der Waals surface area contributed by atoms with Crippen LogP contribution in [0.2, 0.25) is 0 Å². The van der Waals surface area contributed by atoms with Gasteiger partial charge in [-0.25, -0.2) is 15.0 Å². The van der Waals surface area contributed by atoms with E-state index in [2.05, 4.69) is 35.7 Å². The van der Waals surface area contributed by atoms with Crippen LogP contribution in [0.15, 0.2) is 35.1 Å². The van der Waals surface area contributed by atoms with Crippen LogP contribution in [0.1, 0.15) is 41.8 Å². The second kappa shape index (κ2) is 7.79. The third-order valence-corrected chi connectivity index (χ3v) is 5.35. The zero-order valence-corrected chi connectivity index (χ0v) is 17.1. The topological polar surface area (TPSA) is 145 Å². The molecule has 0 radical (unpaired) electrons. The number of halogens is 3. The maximum atomic E-state index is 12.9. The molecule has 0 aliphatic carbocycles. The fraction of sp³-hybridized carbons (Fsp3) is 0.300. The Hall–Kier alpha value is -3.55. The van der Waals surface area contributed by atoms with Crippen molar-refractivity contribution in [2.45, 2.75) is 38.0 Å². The van der Waals surface area contributed by atoms with Crippen LogP contribution in [0.25, 0.3) is 22.6 Å². The number of rotatable bonds is 5. The molecule has 3 aromatic heterocycles. The van der Waals surface area contributed by atoms with Crippen LogP contribution in [0.5, 0.6) is 0 Å². The third-order valence-electron chi connectivity index (χ3n) is 5.35. The highest BCUT2D eigenvalue weighted by Gasteiger charge is 2.31. The Morgan fingerprint density at radius 2 is 2.06 bits per heavy atom. The number of aromatic amines is 1. The number of nitrogens with one attached hydrogen (secondary N) is 3. The molecule has 0 bridgehead atoms. The summed E-state index contributed by atoms with van der Waals surface area (Å²) in [5.41, 5.74) is 1.03. The quantitative estimate of drug-likeness (QED) is 0.283. The average Bonchev–Trinajstić information content (AvgIpc) is 3.48. The van der Waals surface area contributed by atoms with Gasteiger partial charge in [0.2, 0.25) is 0 Å². The molecule has 4 aromatic rings. The van der Waals surface area contributed by atoms with E-state index >= 15 is 0 Å². The maximum Gasteiger partial charge on any atom is 0.416 e. The molecule has 0 saturated carbocycles. The number of alkyl halides is 3. The van der Waals surface area contributed by atoms with Gasteiger partial charge < -0.3 is 25.0 Å². The number of hydrogen-bond acceptors (Lipinski definition) is 9. The van der Waals surface area contributed by atoms with Crippen molar-refractivity contribution in [1.29, 1.82) is 0 Å². The summed E-state index contributed by atoms with van der Waals surface area (Å²) in [4.78, 5) is 15.3. The van der Waals surface area contributed by atoms with Crippen molar-refractivity contribution in [2.24, 2.45) is 0 Å². The van der Waals surface area contributed by atoms with Gasteiger partial charge in [0, 0.05) is 18.1 Å². The lowest BCUT2D eigenvalue weighted by atomic mass is 10.1. The van der Waals surface area contributed by atoms with Crippen LogP contribution in [-0.4, -0.2) is 41.5 Å². The number of aromatic nitrogens is 5. The molecule has 4 heterocycles. The number of aliphatic hydroxyl groups is 2. The molecule has 3 atom stereocenters. The molecule has 5 N–H and O–H groups in total. The molecule has 10 nitrogen and oxygen atoms in total. The summed E-state index contributed by atoms with van der Waals surface area (Å²) in [6.45, 7) is 1.73. The number of H-pyrrole nitrogens is 1. The average molecular weight is 461 g/mol. The van der Waals surface area contributed by atoms with Gasteiger partial charge in [-0.3, -0.25) is 5.32 Å². The summed E-state index contributed by atoms with van der Waals surface area (Å²) < 4.78 is 44.2. The van der Waals surface area contributed by atoms with E-state index in [-0.39, 0.29) is 17.8 Å². The van der Waals surface area contributed by atoms with Gasteiger partial charge >= 0.3 is 6.18 Å². The Morgan fingerprint density at radius 1 is 1.24 bits per heavy atom. The highest BCUT2D eigenvalue weighted by atomic mass is 19.4. The lowest BCUT2D eigenvalue weighted by molar-refractivity contribution is -0.137. The fourth-order valence-electron chi connectivity index (χ4n) is 3.70. The van der Waals surface area contributed by atoms with E-state index in [9.17, 15) is 23.4 Å². The summed E-state index contributed by atoms with van der Waals surface area (Å²) >= 11 is 0. The first kappa shape index (κ1) is 21.3. The van der Waals surface area contributed by atoms with Gasteiger partial charge in [-0.2, -0.15) is 13.2 Å². The third kappa shape index (κ3) is 4.01. The molecule has 0 saturated heterocycles. The first-order chi connectivity index (χ1) is 15.7. The molecular formula is C20H18F3N7O3. The van der Waals surface area contributed by atoms with Gasteiger partial charge in [-0.05, 0) is 25.1 Å². The normalized spacial score (nSPS) is 17.7. The standard InChI is InChI=1S/C20H18F3N7O3/c1-8(26-19(32)16-10-5-15(31)29-17(10)25-7-24-16)14-6-13(30-33-14)18-27-11-3-2-9(20(21,22)23)4-12(11)28-18/h2-4,6-8,15,19,26,31-32H,5H2,1H3,(H,27,28)(H,24,25,29)/t8-,15?,19?/m1/s1. The van der Waals surface area contributed by atoms with E-state index in [1.54, 1.807) is 13.0 Å². The van der Waals surface area contributed by atoms with Crippen molar-refractivity contribution >= 4 is 16.9 Å². The number of aliphatic hydroxyl groups excluding tert-OH is 2. The van der Waals surface area contributed by atoms with Crippen LogP contribution < -0.4 is 10.6 Å². The Morgan fingerprint density at radius 3 is 2.85 bits per heavy atom. The second-order valence-corrected chi connectivity index (χ2v) is 7.67. The first-order valence-electron chi connectivity index (χ1n) is 9.95. The molecule has 33 heavy (non-hydrogen) atoms. The zero-order chi connectivity index (χ0) is 23.3. The minimum absolute atomic E-state index is 0.222. The molecule has 5 rings (SSSR count). The van der Waals surface area contributed by atoms with Gasteiger partial charge in [0.25, 0.3) is 0 Å². The number of anilines is 1. The highest BCUT2D eigenvalue weighted by Crippen LogP contribution is 2.32. The van der Waals surface area contributed by atoms with Gasteiger partial charge in [-0.15, -0.1) is 0 Å². The lowest BCUT2D eigenvalue weighted by Crippen LogP contribution is -2.26. The molecule has 0 spiro atoms. The Kier molecular flexibility index (Phi) is 5.03. The summed E-state index contributed by atoms with van der Waals surface area (Å²) in [7, 11) is 0. The van der Waals surface area contributed by atoms with Crippen LogP contribution in [0.4, 0.5) is 19.0 Å². The summed E-state index contributed by atoms with van der Waals surface area (Å²) in [6, 6.07) is 4.30. The first-order valence-corrected chi connectivity index (χ1v) is 9.95. The molecular weight excluding hydrogens is 443 g/mol. The lowest BCUT2D eigenvalue weighted by Gasteiger charge is -2.18. The summed E-state index contributed by atoms with van der Waals surface area (Å²) in [6.07, 6.45) is -4.89. The van der Waals surface area contributed by atoms with Crippen LogP contribution in [-0.2, 0) is 12.6 Å². The van der Waals surface area contributed by atoms with E-state index in [1.165, 1.54) is 12.4 Å². The van der Waals surface area contributed by atoms with Crippen molar-refractivity contribution in [3.63, 3.8) is 0 Å². The SMILES string of the molecule is C[C@@H](NC(O)c1ncnc2c1CC(O)N2)c1cc(-c2nc3ccc(C(F)(F)F)cc3[nH]2)no1. The minimum Gasteiger partial charge on any atom is -0.373 e. The predicted molar refractivity (Wildman–Crippen MR) is 108 cm³/mol. The number of benzene rings is 1. The summed E-state index contributed by atoms with van der Waals surface area (Å²) in [5, 5.41) is 30.1. The molecule has 13 heteroatoms. The molecule has 0 fully saturated rings. The van der Waals surface area contributed by atoms with Crippen molar-refractivity contribution in [2.75, 3.05) is 5.32 Å². The van der Waals surface area contributed by atoms with Crippen LogP contribution in [0, 0.1) is 0 Å². The Balaban J connectivity index is 1.34. The fourth-order valence-corrected chi connectivity index (χ4v) is 3.70. The highest BCUT2D eigenvalue weighted by molar-refractivity contribution is 5.79. The largest absolute Gasteiger partial charge is 0.416 e. The monoisotopic (exact) mass is 461 g/mol. The van der Waals surface area contributed by atoms with Gasteiger partial charge in [0.05, 0.1) is 28.3 Å². The van der Waals surface area contributed by atoms with Crippen molar-refractivity contribution in [3.8, 4) is 11.5 Å². The van der Waals surface area contributed by atoms with E-state index in [0.29, 0.717) is 34.0 Å². The van der Waals surface area contributed by atoms with E-state index in [1.807, 2.05) is 0 Å². The smallest absolute Gasteiger partial charge is 0.373 e. The number of hydrogen-bond donors (Lipinski definition) is 5. The molecule has 0 amide bonds.